The number of likely N-dealkylation sites (N-methyl/N-ethyl adjacent to an activating group) is 1. The Balaban J connectivity index is 1.98. The number of thiazole rings is 1. The normalized spacial score (nSPS) is 15.7. The van der Waals surface area contributed by atoms with E-state index < -0.39 is 0 Å². The number of rotatable bonds is 4. The minimum atomic E-state index is -0.192. The van der Waals surface area contributed by atoms with E-state index in [0.717, 1.165) is 16.8 Å². The van der Waals surface area contributed by atoms with E-state index in [1.54, 1.807) is 34.9 Å². The summed E-state index contributed by atoms with van der Waals surface area (Å²) in [6.07, 6.45) is 1.79. The number of fused-ring (bicyclic) bond motifs is 1. The van der Waals surface area contributed by atoms with Crippen molar-refractivity contribution in [3.05, 3.63) is 79.2 Å². The van der Waals surface area contributed by atoms with Crippen LogP contribution in [-0.2, 0) is 11.3 Å². The minimum Gasteiger partial charge on any atom is -0.508 e. The zero-order valence-corrected chi connectivity index (χ0v) is 17.0. The molecule has 7 heteroatoms. The van der Waals surface area contributed by atoms with Gasteiger partial charge < -0.3 is 15.3 Å². The van der Waals surface area contributed by atoms with Gasteiger partial charge in [-0.1, -0.05) is 30.3 Å². The van der Waals surface area contributed by atoms with Crippen LogP contribution >= 0.6 is 11.3 Å². The predicted molar refractivity (Wildman–Crippen MR) is 116 cm³/mol. The summed E-state index contributed by atoms with van der Waals surface area (Å²) >= 11 is 1.32. The maximum atomic E-state index is 13.2. The molecule has 2 N–H and O–H groups in total. The van der Waals surface area contributed by atoms with Crippen molar-refractivity contribution >= 4 is 34.6 Å². The smallest absolute Gasteiger partial charge is 0.269 e. The Labute approximate surface area is 171 Å². The number of nitrogens with zero attached hydrogens (tertiary/aromatic N) is 2. The van der Waals surface area contributed by atoms with E-state index >= 15 is 0 Å². The fourth-order valence-corrected chi connectivity index (χ4v) is 4.45. The summed E-state index contributed by atoms with van der Waals surface area (Å²) < 4.78 is 2.90. The van der Waals surface area contributed by atoms with Crippen LogP contribution in [0.25, 0.3) is 11.6 Å². The molecule has 0 bridgehead atoms. The van der Waals surface area contributed by atoms with E-state index in [1.807, 2.05) is 43.3 Å². The number of aromatic nitrogens is 1. The average Bonchev–Trinajstić information content (AvgIpc) is 3.17. The SMILES string of the molecule is CN(C)CCn1c(=O)c(=Cc2ccc(O)cc2)s/c1=C1\C(=O)Nc2ccccc21. The number of amides is 1. The van der Waals surface area contributed by atoms with Crippen molar-refractivity contribution in [3.8, 4) is 5.75 Å². The number of hydrogen-bond donors (Lipinski definition) is 2. The van der Waals surface area contributed by atoms with Gasteiger partial charge in [0.15, 0.2) is 0 Å². The Bertz CT molecular complexity index is 1250. The summed E-state index contributed by atoms with van der Waals surface area (Å²) in [4.78, 5) is 27.9. The molecule has 1 aromatic heterocycles. The van der Waals surface area contributed by atoms with Crippen LogP contribution in [0.15, 0.2) is 53.3 Å². The molecule has 0 fully saturated rings. The molecule has 1 aliphatic heterocycles. The van der Waals surface area contributed by atoms with E-state index in [0.29, 0.717) is 27.9 Å². The Morgan fingerprint density at radius 1 is 1.10 bits per heavy atom. The van der Waals surface area contributed by atoms with Crippen LogP contribution < -0.4 is 20.1 Å². The third kappa shape index (κ3) is 3.74. The van der Waals surface area contributed by atoms with E-state index in [1.165, 1.54) is 11.3 Å². The lowest BCUT2D eigenvalue weighted by molar-refractivity contribution is -0.110. The number of aromatic hydroxyl groups is 1. The lowest BCUT2D eigenvalue weighted by atomic mass is 10.1. The predicted octanol–water partition coefficient (Wildman–Crippen LogP) is 1.16. The molecule has 6 nitrogen and oxygen atoms in total. The van der Waals surface area contributed by atoms with Crippen molar-refractivity contribution in [2.24, 2.45) is 0 Å². The Morgan fingerprint density at radius 2 is 1.83 bits per heavy atom. The molecule has 2 aromatic carbocycles. The third-order valence-corrected chi connectivity index (χ3v) is 5.89. The molecular weight excluding hydrogens is 386 g/mol. The molecule has 29 heavy (non-hydrogen) atoms. The molecule has 1 aliphatic rings. The van der Waals surface area contributed by atoms with Gasteiger partial charge in [-0.15, -0.1) is 11.3 Å². The molecule has 0 spiro atoms. The van der Waals surface area contributed by atoms with Crippen LogP contribution in [0.1, 0.15) is 11.1 Å². The number of benzene rings is 2. The Morgan fingerprint density at radius 3 is 2.55 bits per heavy atom. The van der Waals surface area contributed by atoms with Crippen molar-refractivity contribution in [1.82, 2.24) is 9.47 Å². The molecule has 148 valence electrons. The summed E-state index contributed by atoms with van der Waals surface area (Å²) in [6, 6.07) is 14.2. The van der Waals surface area contributed by atoms with E-state index in [-0.39, 0.29) is 17.2 Å². The molecule has 3 aromatic rings. The van der Waals surface area contributed by atoms with Crippen molar-refractivity contribution < 1.29 is 9.90 Å². The highest BCUT2D eigenvalue weighted by atomic mass is 32.1. The van der Waals surface area contributed by atoms with Crippen LogP contribution in [0.2, 0.25) is 0 Å². The summed E-state index contributed by atoms with van der Waals surface area (Å²) in [7, 11) is 3.90. The topological polar surface area (TPSA) is 74.6 Å². The molecule has 0 unspecified atom stereocenters. The van der Waals surface area contributed by atoms with Crippen molar-refractivity contribution in [2.75, 3.05) is 26.0 Å². The maximum Gasteiger partial charge on any atom is 0.269 e. The highest BCUT2D eigenvalue weighted by Crippen LogP contribution is 2.29. The lowest BCUT2D eigenvalue weighted by Crippen LogP contribution is -2.36. The number of para-hydroxylation sites is 1. The molecule has 0 radical (unpaired) electrons. The number of carbonyl (C=O) groups is 1. The molecule has 0 saturated carbocycles. The van der Waals surface area contributed by atoms with Crippen LogP contribution in [0.3, 0.4) is 0 Å². The Kier molecular flexibility index (Phi) is 5.08. The number of carbonyl (C=O) groups excluding carboxylic acids is 1. The van der Waals surface area contributed by atoms with E-state index in [4.69, 9.17) is 0 Å². The second-order valence-corrected chi connectivity index (χ2v) is 8.17. The molecule has 1 amide bonds. The number of anilines is 1. The van der Waals surface area contributed by atoms with E-state index in [9.17, 15) is 14.7 Å². The zero-order chi connectivity index (χ0) is 20.5. The molecular formula is C22H21N3O3S. The summed E-state index contributed by atoms with van der Waals surface area (Å²) in [6.45, 7) is 1.17. The highest BCUT2D eigenvalue weighted by molar-refractivity contribution is 7.07. The van der Waals surface area contributed by atoms with Gasteiger partial charge in [-0.25, -0.2) is 0 Å². The molecule has 4 rings (SSSR count). The maximum absolute atomic E-state index is 13.2. The number of nitrogens with one attached hydrogen (secondary N) is 1. The first-order valence-corrected chi connectivity index (χ1v) is 10.1. The molecule has 0 aliphatic carbocycles. The fraction of sp³-hybridized carbons (Fsp3) is 0.182. The monoisotopic (exact) mass is 407 g/mol. The second-order valence-electron chi connectivity index (χ2n) is 7.14. The first-order valence-electron chi connectivity index (χ1n) is 9.24. The van der Waals surface area contributed by atoms with Gasteiger partial charge >= 0.3 is 0 Å². The second kappa shape index (κ2) is 7.69. The largest absolute Gasteiger partial charge is 0.508 e. The quantitative estimate of drug-likeness (QED) is 0.681. The first-order chi connectivity index (χ1) is 13.9. The van der Waals surface area contributed by atoms with Gasteiger partial charge in [0.25, 0.3) is 11.5 Å². The van der Waals surface area contributed by atoms with Gasteiger partial charge in [-0.3, -0.25) is 14.2 Å². The van der Waals surface area contributed by atoms with Gasteiger partial charge in [0.1, 0.15) is 10.4 Å². The zero-order valence-electron chi connectivity index (χ0n) is 16.2. The third-order valence-electron chi connectivity index (χ3n) is 4.75. The lowest BCUT2D eigenvalue weighted by Gasteiger charge is -2.10. The highest BCUT2D eigenvalue weighted by Gasteiger charge is 2.26. The summed E-state index contributed by atoms with van der Waals surface area (Å²) in [5, 5.41) is 12.4. The van der Waals surface area contributed by atoms with Crippen molar-refractivity contribution in [2.45, 2.75) is 6.54 Å². The summed E-state index contributed by atoms with van der Waals surface area (Å²) in [5.41, 5.74) is 2.80. The fourth-order valence-electron chi connectivity index (χ4n) is 3.26. The standard InChI is InChI=1S/C22H21N3O3S/c1-24(2)11-12-25-21(28)18(13-14-7-9-15(26)10-8-14)29-22(25)19-16-5-3-4-6-17(16)23-20(19)27/h3-10,13,26H,11-12H2,1-2H3,(H,23,27)/b18-13?,22-19-. The van der Waals surface area contributed by atoms with E-state index in [2.05, 4.69) is 5.32 Å². The average molecular weight is 407 g/mol. The summed E-state index contributed by atoms with van der Waals surface area (Å²) in [5.74, 6) is -0.0190. The van der Waals surface area contributed by atoms with Crippen LogP contribution in [-0.4, -0.2) is 41.1 Å². The van der Waals surface area contributed by atoms with Gasteiger partial charge in [-0.2, -0.15) is 0 Å². The number of hydrogen-bond acceptors (Lipinski definition) is 5. The van der Waals surface area contributed by atoms with Crippen LogP contribution in [0.5, 0.6) is 5.75 Å². The molecule has 2 heterocycles. The minimum absolute atomic E-state index is 0.121. The molecule has 0 atom stereocenters. The Hall–Kier alpha value is -3.16. The van der Waals surface area contributed by atoms with Gasteiger partial charge in [0, 0.05) is 24.3 Å². The van der Waals surface area contributed by atoms with Crippen LogP contribution in [0, 0.1) is 0 Å². The number of phenolic OH excluding ortho intramolecular Hbond substituents is 1. The van der Waals surface area contributed by atoms with Crippen molar-refractivity contribution in [3.63, 3.8) is 0 Å². The van der Waals surface area contributed by atoms with Crippen molar-refractivity contribution in [1.29, 1.82) is 0 Å². The first kappa shape index (κ1) is 19.2. The van der Waals surface area contributed by atoms with Gasteiger partial charge in [0.05, 0.1) is 10.1 Å². The number of phenols is 1. The van der Waals surface area contributed by atoms with Crippen LogP contribution in [0.4, 0.5) is 5.69 Å². The van der Waals surface area contributed by atoms with Gasteiger partial charge in [0.2, 0.25) is 0 Å². The molecule has 0 saturated heterocycles. The van der Waals surface area contributed by atoms with Gasteiger partial charge in [-0.05, 0) is 43.9 Å².